The van der Waals surface area contributed by atoms with Crippen molar-refractivity contribution in [2.24, 2.45) is 0 Å². The molecule has 7 heteroatoms. The number of aromatic nitrogens is 1. The van der Waals surface area contributed by atoms with Gasteiger partial charge in [-0.2, -0.15) is 0 Å². The first kappa shape index (κ1) is 19.4. The second kappa shape index (κ2) is 7.51. The predicted molar refractivity (Wildman–Crippen MR) is 98.4 cm³/mol. The Hall–Kier alpha value is -2.96. The van der Waals surface area contributed by atoms with Crippen molar-refractivity contribution in [2.75, 3.05) is 10.6 Å². The molecular formula is C19H22FN3O3. The summed E-state index contributed by atoms with van der Waals surface area (Å²) in [5.41, 5.74) is 2.69. The van der Waals surface area contributed by atoms with E-state index in [4.69, 9.17) is 0 Å². The van der Waals surface area contributed by atoms with Crippen LogP contribution in [0.3, 0.4) is 0 Å². The number of H-pyrrole nitrogens is 1. The molecule has 6 nitrogen and oxygen atoms in total. The number of carbonyl (C=O) groups is 3. The minimum Gasteiger partial charge on any atom is -0.375 e. The molecule has 2 aromatic rings. The third-order valence-electron chi connectivity index (χ3n) is 4.09. The standard InChI is InChI=1S/C19H22FN3O3/c1-9-17(12(4)24)10(2)22-18(9)19(26)11(3)21-14-6-7-15(20)16(8-14)23-13(5)25/h6-8,11,21-22H,1-5H3,(H,23,25)/t11-/m1/s1. The van der Waals surface area contributed by atoms with Gasteiger partial charge in [0.1, 0.15) is 5.82 Å². The molecule has 1 aromatic carbocycles. The van der Waals surface area contributed by atoms with Crippen LogP contribution in [0, 0.1) is 19.7 Å². The summed E-state index contributed by atoms with van der Waals surface area (Å²) in [6.45, 7) is 7.90. The first-order valence-electron chi connectivity index (χ1n) is 8.19. The molecule has 0 aliphatic heterocycles. The van der Waals surface area contributed by atoms with Crippen LogP contribution in [-0.4, -0.2) is 28.5 Å². The van der Waals surface area contributed by atoms with E-state index < -0.39 is 11.9 Å². The number of carbonyl (C=O) groups excluding carboxylic acids is 3. The minimum atomic E-state index is -0.623. The summed E-state index contributed by atoms with van der Waals surface area (Å²) in [5, 5.41) is 5.39. The van der Waals surface area contributed by atoms with Crippen LogP contribution in [0.4, 0.5) is 15.8 Å². The van der Waals surface area contributed by atoms with Crippen molar-refractivity contribution in [3.05, 3.63) is 46.5 Å². The third-order valence-corrected chi connectivity index (χ3v) is 4.09. The quantitative estimate of drug-likeness (QED) is 0.687. The zero-order valence-corrected chi connectivity index (χ0v) is 15.4. The summed E-state index contributed by atoms with van der Waals surface area (Å²) in [6, 6.07) is 3.50. The topological polar surface area (TPSA) is 91.1 Å². The van der Waals surface area contributed by atoms with Crippen LogP contribution in [0.1, 0.15) is 52.9 Å². The van der Waals surface area contributed by atoms with Gasteiger partial charge >= 0.3 is 0 Å². The molecule has 0 bridgehead atoms. The van der Waals surface area contributed by atoms with E-state index in [-0.39, 0.29) is 23.2 Å². The number of nitrogens with one attached hydrogen (secondary N) is 3. The Morgan fingerprint density at radius 3 is 2.35 bits per heavy atom. The van der Waals surface area contributed by atoms with E-state index in [0.717, 1.165) is 0 Å². The average molecular weight is 359 g/mol. The molecule has 0 unspecified atom stereocenters. The van der Waals surface area contributed by atoms with E-state index in [1.807, 2.05) is 0 Å². The van der Waals surface area contributed by atoms with E-state index >= 15 is 0 Å². The maximum atomic E-state index is 13.7. The second-order valence-electron chi connectivity index (χ2n) is 6.29. The van der Waals surface area contributed by atoms with E-state index in [0.29, 0.717) is 28.2 Å². The molecule has 0 fully saturated rings. The van der Waals surface area contributed by atoms with Gasteiger partial charge in [-0.3, -0.25) is 14.4 Å². The van der Waals surface area contributed by atoms with Crippen LogP contribution in [0.2, 0.25) is 0 Å². The maximum Gasteiger partial charge on any atom is 0.221 e. The molecule has 138 valence electrons. The van der Waals surface area contributed by atoms with Gasteiger partial charge in [0.25, 0.3) is 0 Å². The fraction of sp³-hybridized carbons (Fsp3) is 0.316. The smallest absolute Gasteiger partial charge is 0.221 e. The molecule has 1 heterocycles. The van der Waals surface area contributed by atoms with Gasteiger partial charge in [0.15, 0.2) is 5.78 Å². The molecule has 1 atom stereocenters. The number of anilines is 2. The molecule has 1 aromatic heterocycles. The van der Waals surface area contributed by atoms with Gasteiger partial charge in [-0.05, 0) is 51.5 Å². The van der Waals surface area contributed by atoms with E-state index in [2.05, 4.69) is 15.6 Å². The summed E-state index contributed by atoms with van der Waals surface area (Å²) in [6.07, 6.45) is 0. The molecule has 0 saturated carbocycles. The molecule has 0 aliphatic carbocycles. The van der Waals surface area contributed by atoms with Crippen molar-refractivity contribution < 1.29 is 18.8 Å². The van der Waals surface area contributed by atoms with Crippen molar-refractivity contribution in [1.82, 2.24) is 4.98 Å². The van der Waals surface area contributed by atoms with Crippen LogP contribution in [0.15, 0.2) is 18.2 Å². The number of benzene rings is 1. The van der Waals surface area contributed by atoms with Crippen molar-refractivity contribution in [3.8, 4) is 0 Å². The van der Waals surface area contributed by atoms with Crippen LogP contribution in [-0.2, 0) is 4.79 Å². The highest BCUT2D eigenvalue weighted by molar-refractivity contribution is 6.06. The van der Waals surface area contributed by atoms with Crippen molar-refractivity contribution in [1.29, 1.82) is 0 Å². The molecule has 1 amide bonds. The van der Waals surface area contributed by atoms with E-state index in [1.165, 1.54) is 32.0 Å². The summed E-state index contributed by atoms with van der Waals surface area (Å²) in [7, 11) is 0. The number of hydrogen-bond acceptors (Lipinski definition) is 4. The van der Waals surface area contributed by atoms with Gasteiger partial charge < -0.3 is 15.6 Å². The summed E-state index contributed by atoms with van der Waals surface area (Å²) in [4.78, 5) is 38.6. The highest BCUT2D eigenvalue weighted by Gasteiger charge is 2.23. The van der Waals surface area contributed by atoms with Gasteiger partial charge in [0.2, 0.25) is 11.7 Å². The van der Waals surface area contributed by atoms with Crippen LogP contribution >= 0.6 is 0 Å². The fourth-order valence-electron chi connectivity index (χ4n) is 2.96. The molecule has 0 radical (unpaired) electrons. The van der Waals surface area contributed by atoms with Crippen molar-refractivity contribution in [3.63, 3.8) is 0 Å². The Kier molecular flexibility index (Phi) is 5.59. The first-order valence-corrected chi connectivity index (χ1v) is 8.19. The Morgan fingerprint density at radius 1 is 1.15 bits per heavy atom. The van der Waals surface area contributed by atoms with Gasteiger partial charge in [-0.1, -0.05) is 0 Å². The molecule has 0 spiro atoms. The first-order chi connectivity index (χ1) is 12.1. The molecule has 2 rings (SSSR count). The molecule has 26 heavy (non-hydrogen) atoms. The zero-order chi connectivity index (χ0) is 19.6. The summed E-state index contributed by atoms with van der Waals surface area (Å²) >= 11 is 0. The number of aromatic amines is 1. The van der Waals surface area contributed by atoms with Gasteiger partial charge in [-0.15, -0.1) is 0 Å². The number of hydrogen-bond donors (Lipinski definition) is 3. The van der Waals surface area contributed by atoms with Gasteiger partial charge in [0, 0.05) is 23.9 Å². The Labute approximate surface area is 151 Å². The predicted octanol–water partition coefficient (Wildman–Crippen LogP) is 3.61. The zero-order valence-electron chi connectivity index (χ0n) is 15.4. The Bertz CT molecular complexity index is 886. The Balaban J connectivity index is 2.24. The fourth-order valence-corrected chi connectivity index (χ4v) is 2.96. The highest BCUT2D eigenvalue weighted by atomic mass is 19.1. The number of halogens is 1. The van der Waals surface area contributed by atoms with Crippen LogP contribution in [0.25, 0.3) is 0 Å². The summed E-state index contributed by atoms with van der Waals surface area (Å²) < 4.78 is 13.7. The lowest BCUT2D eigenvalue weighted by Gasteiger charge is -2.15. The maximum absolute atomic E-state index is 13.7. The average Bonchev–Trinajstić information content (AvgIpc) is 2.84. The Morgan fingerprint density at radius 2 is 1.81 bits per heavy atom. The summed E-state index contributed by atoms with van der Waals surface area (Å²) in [5.74, 6) is -1.27. The normalized spacial score (nSPS) is 11.8. The van der Waals surface area contributed by atoms with E-state index in [1.54, 1.807) is 20.8 Å². The lowest BCUT2D eigenvalue weighted by atomic mass is 10.0. The molecular weight excluding hydrogens is 337 g/mol. The second-order valence-corrected chi connectivity index (χ2v) is 6.29. The molecule has 0 aliphatic rings. The van der Waals surface area contributed by atoms with Crippen molar-refractivity contribution >= 4 is 28.8 Å². The van der Waals surface area contributed by atoms with Crippen molar-refractivity contribution in [2.45, 2.75) is 40.7 Å². The number of amides is 1. The van der Waals surface area contributed by atoms with Gasteiger partial charge in [-0.25, -0.2) is 4.39 Å². The largest absolute Gasteiger partial charge is 0.375 e. The highest BCUT2D eigenvalue weighted by Crippen LogP contribution is 2.23. The number of aryl methyl sites for hydroxylation is 1. The number of rotatable bonds is 6. The van der Waals surface area contributed by atoms with Crippen LogP contribution < -0.4 is 10.6 Å². The number of Topliss-reactive ketones (excluding diaryl/α,β-unsaturated/α-hetero) is 2. The van der Waals surface area contributed by atoms with Crippen LogP contribution in [0.5, 0.6) is 0 Å². The number of ketones is 2. The third kappa shape index (κ3) is 3.99. The van der Waals surface area contributed by atoms with Gasteiger partial charge in [0.05, 0.1) is 17.4 Å². The van der Waals surface area contributed by atoms with E-state index in [9.17, 15) is 18.8 Å². The SMILES string of the molecule is CC(=O)Nc1cc(N[C@H](C)C(=O)c2[nH]c(C)c(C(C)=O)c2C)ccc1F. The minimum absolute atomic E-state index is 0.0351. The monoisotopic (exact) mass is 359 g/mol. The molecule has 0 saturated heterocycles. The molecule has 3 N–H and O–H groups in total. The lowest BCUT2D eigenvalue weighted by Crippen LogP contribution is -2.27. The lowest BCUT2D eigenvalue weighted by molar-refractivity contribution is -0.114.